The Kier molecular flexibility index (Phi) is 4.41. The number of amides is 1. The number of carbonyl (C=O) groups is 1. The van der Waals surface area contributed by atoms with Crippen molar-refractivity contribution in [3.63, 3.8) is 0 Å². The number of tetrazole rings is 1. The molecule has 0 N–H and O–H groups in total. The Morgan fingerprint density at radius 3 is 2.63 bits per heavy atom. The standard InChI is InChI=1S/C19H27N7O/c27-19(25-12-7-14-3-1-2-4-16(14)13-25)15-8-10-24(11-9-15)18-6-5-17-20-22-23-26(17)21-18/h5-6,14-16H,1-4,7-13H2. The first-order valence-electron chi connectivity index (χ1n) is 10.4. The Bertz CT molecular complexity index is 813. The van der Waals surface area contributed by atoms with Crippen molar-refractivity contribution >= 4 is 17.4 Å². The molecular formula is C19H27N7O. The van der Waals surface area contributed by atoms with Crippen LogP contribution in [0, 0.1) is 17.8 Å². The number of carbonyl (C=O) groups excluding carboxylic acids is 1. The highest BCUT2D eigenvalue weighted by molar-refractivity contribution is 5.79. The molecule has 8 nitrogen and oxygen atoms in total. The Morgan fingerprint density at radius 1 is 0.963 bits per heavy atom. The van der Waals surface area contributed by atoms with Crippen molar-refractivity contribution in [3.05, 3.63) is 12.1 Å². The number of rotatable bonds is 2. The summed E-state index contributed by atoms with van der Waals surface area (Å²) in [6.45, 7) is 3.69. The van der Waals surface area contributed by atoms with E-state index in [2.05, 4.69) is 30.4 Å². The molecule has 2 saturated heterocycles. The fourth-order valence-corrected chi connectivity index (χ4v) is 5.22. The lowest BCUT2D eigenvalue weighted by molar-refractivity contribution is -0.139. The lowest BCUT2D eigenvalue weighted by Gasteiger charge is -2.43. The summed E-state index contributed by atoms with van der Waals surface area (Å²) in [4.78, 5) is 17.5. The minimum absolute atomic E-state index is 0.165. The minimum Gasteiger partial charge on any atom is -0.355 e. The molecule has 0 spiro atoms. The van der Waals surface area contributed by atoms with Crippen molar-refractivity contribution in [2.24, 2.45) is 17.8 Å². The Morgan fingerprint density at radius 2 is 1.78 bits per heavy atom. The van der Waals surface area contributed by atoms with E-state index in [0.717, 1.165) is 56.7 Å². The van der Waals surface area contributed by atoms with Gasteiger partial charge in [0, 0.05) is 32.1 Å². The van der Waals surface area contributed by atoms with Crippen LogP contribution >= 0.6 is 0 Å². The molecule has 144 valence electrons. The predicted octanol–water partition coefficient (Wildman–Crippen LogP) is 1.77. The first-order chi connectivity index (χ1) is 13.3. The van der Waals surface area contributed by atoms with Crippen LogP contribution in [-0.2, 0) is 4.79 Å². The maximum Gasteiger partial charge on any atom is 0.225 e. The van der Waals surface area contributed by atoms with Crippen LogP contribution in [0.4, 0.5) is 5.82 Å². The number of hydrogen-bond donors (Lipinski definition) is 0. The molecule has 2 aliphatic heterocycles. The molecule has 8 heteroatoms. The third-order valence-electron chi connectivity index (χ3n) is 6.83. The third kappa shape index (κ3) is 3.26. The van der Waals surface area contributed by atoms with Crippen LogP contribution in [0.5, 0.6) is 0 Å². The lowest BCUT2D eigenvalue weighted by Crippen LogP contribution is -2.49. The third-order valence-corrected chi connectivity index (χ3v) is 6.83. The second-order valence-corrected chi connectivity index (χ2v) is 8.36. The fraction of sp³-hybridized carbons (Fsp3) is 0.737. The maximum absolute atomic E-state index is 13.1. The highest BCUT2D eigenvalue weighted by Gasteiger charge is 2.36. The van der Waals surface area contributed by atoms with Gasteiger partial charge in [-0.25, -0.2) is 0 Å². The van der Waals surface area contributed by atoms with Crippen molar-refractivity contribution < 1.29 is 4.79 Å². The van der Waals surface area contributed by atoms with Gasteiger partial charge in [-0.15, -0.1) is 14.8 Å². The zero-order valence-electron chi connectivity index (χ0n) is 15.7. The molecular weight excluding hydrogens is 342 g/mol. The Labute approximate surface area is 158 Å². The minimum atomic E-state index is 0.165. The van der Waals surface area contributed by atoms with E-state index in [1.54, 1.807) is 0 Å². The summed E-state index contributed by atoms with van der Waals surface area (Å²) in [5, 5.41) is 15.9. The molecule has 0 bridgehead atoms. The molecule has 1 amide bonds. The van der Waals surface area contributed by atoms with Crippen molar-refractivity contribution in [1.82, 2.24) is 30.2 Å². The van der Waals surface area contributed by atoms with E-state index in [4.69, 9.17) is 0 Å². The van der Waals surface area contributed by atoms with E-state index in [1.807, 2.05) is 12.1 Å². The first-order valence-corrected chi connectivity index (χ1v) is 10.4. The van der Waals surface area contributed by atoms with Gasteiger partial charge in [0.2, 0.25) is 5.91 Å². The van der Waals surface area contributed by atoms with Crippen molar-refractivity contribution in [2.75, 3.05) is 31.1 Å². The second kappa shape index (κ2) is 7.05. The number of aromatic nitrogens is 5. The number of piperidine rings is 2. The van der Waals surface area contributed by atoms with Gasteiger partial charge in [0.1, 0.15) is 0 Å². The van der Waals surface area contributed by atoms with Gasteiger partial charge >= 0.3 is 0 Å². The highest BCUT2D eigenvalue weighted by atomic mass is 16.2. The molecule has 27 heavy (non-hydrogen) atoms. The predicted molar refractivity (Wildman–Crippen MR) is 100 cm³/mol. The van der Waals surface area contributed by atoms with E-state index in [0.29, 0.717) is 11.6 Å². The number of fused-ring (bicyclic) bond motifs is 2. The molecule has 4 heterocycles. The zero-order chi connectivity index (χ0) is 18.2. The molecule has 2 unspecified atom stereocenters. The fourth-order valence-electron chi connectivity index (χ4n) is 5.22. The van der Waals surface area contributed by atoms with Crippen LogP contribution < -0.4 is 4.90 Å². The summed E-state index contributed by atoms with van der Waals surface area (Å²) in [7, 11) is 0. The van der Waals surface area contributed by atoms with Gasteiger partial charge in [-0.1, -0.05) is 19.3 Å². The first kappa shape index (κ1) is 16.9. The average molecular weight is 369 g/mol. The smallest absolute Gasteiger partial charge is 0.225 e. The van der Waals surface area contributed by atoms with Crippen LogP contribution in [0.15, 0.2) is 12.1 Å². The summed E-state index contributed by atoms with van der Waals surface area (Å²) in [5.41, 5.74) is 0.648. The normalized spacial score (nSPS) is 27.0. The molecule has 0 radical (unpaired) electrons. The van der Waals surface area contributed by atoms with Crippen LogP contribution in [0.25, 0.3) is 5.65 Å². The van der Waals surface area contributed by atoms with Gasteiger partial charge in [-0.05, 0) is 60.1 Å². The van der Waals surface area contributed by atoms with E-state index >= 15 is 0 Å². The van der Waals surface area contributed by atoms with Crippen molar-refractivity contribution in [2.45, 2.75) is 44.9 Å². The molecule has 0 aromatic carbocycles. The second-order valence-electron chi connectivity index (χ2n) is 8.36. The molecule has 2 aromatic rings. The number of anilines is 1. The van der Waals surface area contributed by atoms with Gasteiger partial charge in [0.05, 0.1) is 0 Å². The highest BCUT2D eigenvalue weighted by Crippen LogP contribution is 2.37. The molecule has 3 fully saturated rings. The van der Waals surface area contributed by atoms with Crippen molar-refractivity contribution in [3.8, 4) is 0 Å². The van der Waals surface area contributed by atoms with Gasteiger partial charge < -0.3 is 9.80 Å². The summed E-state index contributed by atoms with van der Waals surface area (Å²) in [6.07, 6.45) is 8.45. The topological polar surface area (TPSA) is 79.5 Å². The molecule has 1 saturated carbocycles. The Balaban J connectivity index is 1.19. The number of nitrogens with zero attached hydrogens (tertiary/aromatic N) is 7. The van der Waals surface area contributed by atoms with Gasteiger partial charge in [0.15, 0.2) is 11.5 Å². The molecule has 2 atom stereocenters. The molecule has 2 aromatic heterocycles. The summed E-state index contributed by atoms with van der Waals surface area (Å²) < 4.78 is 1.46. The largest absolute Gasteiger partial charge is 0.355 e. The van der Waals surface area contributed by atoms with E-state index in [-0.39, 0.29) is 5.92 Å². The van der Waals surface area contributed by atoms with Crippen molar-refractivity contribution in [1.29, 1.82) is 0 Å². The van der Waals surface area contributed by atoms with Gasteiger partial charge in [0.25, 0.3) is 0 Å². The van der Waals surface area contributed by atoms with E-state index in [1.165, 1.54) is 36.7 Å². The SMILES string of the molecule is O=C(C1CCN(c2ccc3nnnn3n2)CC1)N1CCC2CCCCC2C1. The Hall–Kier alpha value is -2.25. The van der Waals surface area contributed by atoms with Crippen LogP contribution in [-0.4, -0.2) is 62.2 Å². The number of likely N-dealkylation sites (tertiary alicyclic amines) is 1. The quantitative estimate of drug-likeness (QED) is 0.803. The summed E-state index contributed by atoms with van der Waals surface area (Å²) in [5.74, 6) is 3.06. The van der Waals surface area contributed by atoms with E-state index < -0.39 is 0 Å². The average Bonchev–Trinajstić information content (AvgIpc) is 3.21. The van der Waals surface area contributed by atoms with E-state index in [9.17, 15) is 4.79 Å². The van der Waals surface area contributed by atoms with Crippen LogP contribution in [0.3, 0.4) is 0 Å². The summed E-state index contributed by atoms with van der Waals surface area (Å²) in [6, 6.07) is 3.84. The van der Waals surface area contributed by atoms with Crippen LogP contribution in [0.1, 0.15) is 44.9 Å². The molecule has 5 rings (SSSR count). The number of hydrogen-bond acceptors (Lipinski definition) is 6. The molecule has 3 aliphatic rings. The van der Waals surface area contributed by atoms with Crippen LogP contribution in [0.2, 0.25) is 0 Å². The molecule has 1 aliphatic carbocycles. The van der Waals surface area contributed by atoms with Gasteiger partial charge in [-0.2, -0.15) is 0 Å². The maximum atomic E-state index is 13.1. The lowest BCUT2D eigenvalue weighted by atomic mass is 9.75. The summed E-state index contributed by atoms with van der Waals surface area (Å²) >= 11 is 0. The monoisotopic (exact) mass is 369 g/mol. The zero-order valence-corrected chi connectivity index (χ0v) is 15.7. The van der Waals surface area contributed by atoms with Gasteiger partial charge in [-0.3, -0.25) is 4.79 Å².